The van der Waals surface area contributed by atoms with Gasteiger partial charge in [-0.05, 0) is 19.4 Å². The van der Waals surface area contributed by atoms with Crippen LogP contribution in [0, 0.1) is 0 Å². The Bertz CT molecular complexity index is 466. The minimum absolute atomic E-state index is 0.181. The first kappa shape index (κ1) is 14.9. The van der Waals surface area contributed by atoms with E-state index in [1.54, 1.807) is 6.92 Å². The molecule has 2 aliphatic heterocycles. The quantitative estimate of drug-likeness (QED) is 0.507. The molecule has 8 nitrogen and oxygen atoms in total. The molecule has 8 heteroatoms. The van der Waals surface area contributed by atoms with Crippen LogP contribution in [-0.2, 0) is 9.53 Å². The van der Waals surface area contributed by atoms with Gasteiger partial charge in [-0.15, -0.1) is 0 Å². The van der Waals surface area contributed by atoms with Crippen molar-refractivity contribution in [3.8, 4) is 0 Å². The highest BCUT2D eigenvalue weighted by molar-refractivity contribution is 5.95. The maximum absolute atomic E-state index is 12.1. The second kappa shape index (κ2) is 5.13. The molecule has 1 unspecified atom stereocenters. The summed E-state index contributed by atoms with van der Waals surface area (Å²) in [7, 11) is 0. The number of ether oxygens (including phenoxy) is 1. The van der Waals surface area contributed by atoms with Crippen LogP contribution in [0.5, 0.6) is 0 Å². The molecule has 2 rings (SSSR count). The van der Waals surface area contributed by atoms with Gasteiger partial charge in [0.1, 0.15) is 12.3 Å². The average molecular weight is 285 g/mol. The van der Waals surface area contributed by atoms with Crippen LogP contribution in [0.4, 0.5) is 4.79 Å². The molecule has 4 atom stereocenters. The van der Waals surface area contributed by atoms with Crippen molar-refractivity contribution < 1.29 is 24.5 Å². The number of hydrogen-bond acceptors (Lipinski definition) is 6. The van der Waals surface area contributed by atoms with E-state index in [4.69, 9.17) is 15.6 Å². The minimum Gasteiger partial charge on any atom is -0.394 e. The molecule has 0 aliphatic carbocycles. The van der Waals surface area contributed by atoms with Gasteiger partial charge in [-0.3, -0.25) is 15.4 Å². The normalized spacial score (nSPS) is 37.6. The first-order valence-electron chi connectivity index (χ1n) is 6.33. The van der Waals surface area contributed by atoms with E-state index in [1.807, 2.05) is 0 Å². The van der Waals surface area contributed by atoms with E-state index in [0.717, 1.165) is 0 Å². The lowest BCUT2D eigenvalue weighted by atomic mass is 9.96. The van der Waals surface area contributed by atoms with Crippen LogP contribution in [0.25, 0.3) is 0 Å². The van der Waals surface area contributed by atoms with E-state index in [2.05, 4.69) is 5.32 Å². The van der Waals surface area contributed by atoms with Crippen LogP contribution in [0.3, 0.4) is 0 Å². The maximum Gasteiger partial charge on any atom is 0.325 e. The lowest BCUT2D eigenvalue weighted by Crippen LogP contribution is -2.67. The Morgan fingerprint density at radius 1 is 1.70 bits per heavy atom. The molecule has 1 fully saturated rings. The number of aliphatic hydroxyl groups is 2. The molecule has 0 radical (unpaired) electrons. The fraction of sp³-hybridized carbons (Fsp3) is 0.667. The van der Waals surface area contributed by atoms with Crippen LogP contribution < -0.4 is 11.1 Å². The number of rotatable bonds is 3. The Kier molecular flexibility index (Phi) is 3.83. The van der Waals surface area contributed by atoms with Gasteiger partial charge >= 0.3 is 6.03 Å². The SMILES string of the molecule is CC(=O)C1(N)NC(=O)N([C@H]2C[C@H](O)[C@@H](CO)O2)C=C1C. The summed E-state index contributed by atoms with van der Waals surface area (Å²) in [5.74, 6) is -0.375. The number of hydrogen-bond donors (Lipinski definition) is 4. The summed E-state index contributed by atoms with van der Waals surface area (Å²) < 4.78 is 5.40. The summed E-state index contributed by atoms with van der Waals surface area (Å²) in [6.07, 6.45) is -0.645. The molecule has 2 heterocycles. The van der Waals surface area contributed by atoms with Gasteiger partial charge in [0.25, 0.3) is 0 Å². The number of nitrogens with two attached hydrogens (primary N) is 1. The number of ketones is 1. The highest BCUT2D eigenvalue weighted by atomic mass is 16.5. The van der Waals surface area contributed by atoms with Crippen molar-refractivity contribution in [3.05, 3.63) is 11.8 Å². The van der Waals surface area contributed by atoms with Crippen LogP contribution in [0.15, 0.2) is 11.8 Å². The predicted molar refractivity (Wildman–Crippen MR) is 68.1 cm³/mol. The van der Waals surface area contributed by atoms with Crippen molar-refractivity contribution in [2.24, 2.45) is 5.73 Å². The Labute approximate surface area is 116 Å². The molecule has 1 saturated heterocycles. The van der Waals surface area contributed by atoms with Crippen LogP contribution in [-0.4, -0.2) is 57.6 Å². The fourth-order valence-corrected chi connectivity index (χ4v) is 2.33. The summed E-state index contributed by atoms with van der Waals surface area (Å²) in [5.41, 5.74) is 4.83. The van der Waals surface area contributed by atoms with E-state index >= 15 is 0 Å². The molecule has 0 aromatic carbocycles. The second-order valence-corrected chi connectivity index (χ2v) is 5.13. The predicted octanol–water partition coefficient (Wildman–Crippen LogP) is -1.37. The van der Waals surface area contributed by atoms with E-state index in [9.17, 15) is 14.7 Å². The van der Waals surface area contributed by atoms with Gasteiger partial charge in [-0.2, -0.15) is 0 Å². The van der Waals surface area contributed by atoms with Crippen LogP contribution in [0.2, 0.25) is 0 Å². The number of urea groups is 1. The zero-order chi connectivity index (χ0) is 15.1. The Hall–Kier alpha value is -1.48. The summed E-state index contributed by atoms with van der Waals surface area (Å²) in [5, 5.41) is 21.2. The largest absolute Gasteiger partial charge is 0.394 e. The van der Waals surface area contributed by atoms with Crippen molar-refractivity contribution in [1.82, 2.24) is 10.2 Å². The van der Waals surface area contributed by atoms with Crippen molar-refractivity contribution >= 4 is 11.8 Å². The number of carbonyl (C=O) groups excluding carboxylic acids is 2. The van der Waals surface area contributed by atoms with Crippen molar-refractivity contribution in [2.45, 2.75) is 44.4 Å². The van der Waals surface area contributed by atoms with Gasteiger partial charge < -0.3 is 20.3 Å². The van der Waals surface area contributed by atoms with Crippen LogP contribution >= 0.6 is 0 Å². The third kappa shape index (κ3) is 2.31. The summed E-state index contributed by atoms with van der Waals surface area (Å²) in [6, 6.07) is -0.580. The number of nitrogens with one attached hydrogen (secondary N) is 1. The van der Waals surface area contributed by atoms with Crippen molar-refractivity contribution in [3.63, 3.8) is 0 Å². The number of amides is 2. The zero-order valence-corrected chi connectivity index (χ0v) is 11.4. The van der Waals surface area contributed by atoms with E-state index in [0.29, 0.717) is 5.57 Å². The van der Waals surface area contributed by atoms with Gasteiger partial charge in [0, 0.05) is 12.6 Å². The van der Waals surface area contributed by atoms with E-state index in [1.165, 1.54) is 18.0 Å². The Morgan fingerprint density at radius 2 is 2.35 bits per heavy atom. The first-order chi connectivity index (χ1) is 9.29. The molecule has 2 amide bonds. The molecule has 20 heavy (non-hydrogen) atoms. The molecule has 5 N–H and O–H groups in total. The Morgan fingerprint density at radius 3 is 2.85 bits per heavy atom. The third-order valence-corrected chi connectivity index (χ3v) is 3.74. The highest BCUT2D eigenvalue weighted by Crippen LogP contribution is 2.27. The van der Waals surface area contributed by atoms with Gasteiger partial charge in [0.2, 0.25) is 0 Å². The summed E-state index contributed by atoms with van der Waals surface area (Å²) in [4.78, 5) is 24.9. The second-order valence-electron chi connectivity index (χ2n) is 5.13. The smallest absolute Gasteiger partial charge is 0.325 e. The Balaban J connectivity index is 2.22. The van der Waals surface area contributed by atoms with Crippen molar-refractivity contribution in [2.75, 3.05) is 6.61 Å². The molecule has 0 aromatic heterocycles. The van der Waals surface area contributed by atoms with Gasteiger partial charge in [-0.25, -0.2) is 4.79 Å². The number of nitrogens with zero attached hydrogens (tertiary/aromatic N) is 1. The van der Waals surface area contributed by atoms with Crippen LogP contribution in [0.1, 0.15) is 20.3 Å². The lowest BCUT2D eigenvalue weighted by molar-refractivity contribution is -0.122. The third-order valence-electron chi connectivity index (χ3n) is 3.74. The average Bonchev–Trinajstić information content (AvgIpc) is 2.74. The van der Waals surface area contributed by atoms with Crippen molar-refractivity contribution in [1.29, 1.82) is 0 Å². The van der Waals surface area contributed by atoms with Gasteiger partial charge in [0.05, 0.1) is 12.7 Å². The van der Waals surface area contributed by atoms with E-state index < -0.39 is 30.1 Å². The zero-order valence-electron chi connectivity index (χ0n) is 11.4. The highest BCUT2D eigenvalue weighted by Gasteiger charge is 2.44. The summed E-state index contributed by atoms with van der Waals surface area (Å²) >= 11 is 0. The molecule has 0 spiro atoms. The summed E-state index contributed by atoms with van der Waals surface area (Å²) in [6.45, 7) is 2.59. The number of Topliss-reactive ketones (excluding diaryl/α,β-unsaturated/α-hetero) is 1. The van der Waals surface area contributed by atoms with Gasteiger partial charge in [-0.1, -0.05) is 0 Å². The lowest BCUT2D eigenvalue weighted by Gasteiger charge is -2.38. The minimum atomic E-state index is -1.51. The standard InChI is InChI=1S/C12H19N3O5/c1-6-4-15(10-3-8(18)9(5-16)20-10)11(19)14-12(6,13)7(2)17/h4,8-10,16,18H,3,5,13H2,1-2H3,(H,14,19)/t8-,9+,10+,12?/m0/s1. The molecule has 0 saturated carbocycles. The maximum atomic E-state index is 12.1. The first-order valence-corrected chi connectivity index (χ1v) is 6.33. The molecular weight excluding hydrogens is 266 g/mol. The molecular formula is C12H19N3O5. The molecule has 0 bridgehead atoms. The van der Waals surface area contributed by atoms with Gasteiger partial charge in [0.15, 0.2) is 11.4 Å². The monoisotopic (exact) mass is 285 g/mol. The van der Waals surface area contributed by atoms with E-state index in [-0.39, 0.29) is 18.8 Å². The fourth-order valence-electron chi connectivity index (χ4n) is 2.33. The molecule has 112 valence electrons. The molecule has 0 aromatic rings. The number of aliphatic hydroxyl groups excluding tert-OH is 2. The topological polar surface area (TPSA) is 125 Å². The number of carbonyl (C=O) groups is 2. The molecule has 2 aliphatic rings.